The second-order valence-electron chi connectivity index (χ2n) is 7.34. The van der Waals surface area contributed by atoms with Crippen LogP contribution >= 0.6 is 32.2 Å². The number of halogens is 1. The maximum Gasteiger partial charge on any atom is 0.274 e. The predicted molar refractivity (Wildman–Crippen MR) is 133 cm³/mol. The smallest absolute Gasteiger partial charge is 0.274 e. The Labute approximate surface area is 197 Å². The largest absolute Gasteiger partial charge is 0.398 e. The summed E-state index contributed by atoms with van der Waals surface area (Å²) in [5.74, 6) is 0.875. The fourth-order valence-corrected chi connectivity index (χ4v) is 5.16. The molecule has 1 amide bonds. The molecule has 0 spiro atoms. The van der Waals surface area contributed by atoms with Gasteiger partial charge in [0.25, 0.3) is 5.91 Å². The number of thioether (sulfide) groups is 1. The minimum absolute atomic E-state index is 0.120. The van der Waals surface area contributed by atoms with E-state index in [4.69, 9.17) is 27.3 Å². The molecule has 3 aromatic rings. The molecule has 0 fully saturated rings. The first-order chi connectivity index (χ1) is 15.3. The van der Waals surface area contributed by atoms with Gasteiger partial charge in [-0.2, -0.15) is 0 Å². The van der Waals surface area contributed by atoms with E-state index in [0.29, 0.717) is 29.2 Å². The van der Waals surface area contributed by atoms with Crippen LogP contribution in [0.1, 0.15) is 27.4 Å². The number of carbonyl (C=O) groups excluding carboxylic acids is 1. The highest BCUT2D eigenvalue weighted by atomic mass is 35.5. The van der Waals surface area contributed by atoms with Crippen molar-refractivity contribution in [2.75, 3.05) is 23.4 Å². The molecule has 0 unspecified atom stereocenters. The monoisotopic (exact) mass is 485 g/mol. The van der Waals surface area contributed by atoms with Crippen molar-refractivity contribution in [2.24, 2.45) is 0 Å². The summed E-state index contributed by atoms with van der Waals surface area (Å²) in [6, 6.07) is 14.8. The average molecular weight is 486 g/mol. The number of fused-ring (bicyclic) bond motifs is 1. The van der Waals surface area contributed by atoms with Crippen LogP contribution in [0.4, 0.5) is 11.4 Å². The Balaban J connectivity index is 1.48. The lowest BCUT2D eigenvalue weighted by Crippen LogP contribution is -2.47. The number of anilines is 2. The van der Waals surface area contributed by atoms with Gasteiger partial charge < -0.3 is 20.5 Å². The van der Waals surface area contributed by atoms with Crippen LogP contribution in [-0.2, 0) is 6.42 Å². The second-order valence-corrected chi connectivity index (χ2v) is 9.30. The van der Waals surface area contributed by atoms with Crippen molar-refractivity contribution in [1.82, 2.24) is 10.5 Å². The van der Waals surface area contributed by atoms with Gasteiger partial charge in [-0.15, -0.1) is 11.8 Å². The highest BCUT2D eigenvalue weighted by molar-refractivity contribution is 7.99. The summed E-state index contributed by atoms with van der Waals surface area (Å²) in [6.07, 6.45) is 0.563. The van der Waals surface area contributed by atoms with Crippen molar-refractivity contribution in [1.29, 1.82) is 5.41 Å². The molecule has 4 rings (SSSR count). The maximum atomic E-state index is 12.9. The van der Waals surface area contributed by atoms with E-state index in [1.807, 2.05) is 42.3 Å². The molecule has 0 radical (unpaired) electrons. The van der Waals surface area contributed by atoms with Crippen LogP contribution in [0.5, 0.6) is 0 Å². The standard InChI is InChI=1S/C22H21ClN5O2PS/c1-28-18-9-14(20(23)25)15(24)10-19(18)32-11-17(22(28)31)26-21(29)16-8-13(30-27-16)7-12-5-3-2-4-6-12/h2-6,8-10,17,25,31H,7,11,24H2,1H3,(H,26,29)/t17-/m0/s1. The minimum atomic E-state index is -0.323. The van der Waals surface area contributed by atoms with Gasteiger partial charge in [-0.05, 0) is 17.7 Å². The molecule has 4 N–H and O–H groups in total. The number of amides is 1. The van der Waals surface area contributed by atoms with Gasteiger partial charge in [-0.25, -0.2) is 0 Å². The molecule has 1 aliphatic rings. The molecule has 2 aromatic carbocycles. The molecular weight excluding hydrogens is 465 g/mol. The molecule has 0 saturated carbocycles. The van der Waals surface area contributed by atoms with E-state index in [1.54, 1.807) is 30.0 Å². The van der Waals surface area contributed by atoms with E-state index < -0.39 is 0 Å². The van der Waals surface area contributed by atoms with Crippen molar-refractivity contribution in [3.05, 3.63) is 71.1 Å². The number of nitrogens with two attached hydrogens (primary N) is 1. The van der Waals surface area contributed by atoms with E-state index >= 15 is 0 Å². The zero-order chi connectivity index (χ0) is 22.8. The van der Waals surface area contributed by atoms with Crippen LogP contribution in [-0.4, -0.2) is 40.5 Å². The molecule has 10 heteroatoms. The molecule has 0 aliphatic carbocycles. The van der Waals surface area contributed by atoms with Gasteiger partial charge in [-0.3, -0.25) is 10.2 Å². The van der Waals surface area contributed by atoms with E-state index in [2.05, 4.69) is 19.3 Å². The Morgan fingerprint density at radius 2 is 2.12 bits per heavy atom. The number of nitrogens with one attached hydrogen (secondary N) is 2. The van der Waals surface area contributed by atoms with Crippen molar-refractivity contribution in [3.63, 3.8) is 0 Å². The molecule has 164 valence electrons. The van der Waals surface area contributed by atoms with E-state index in [1.165, 1.54) is 0 Å². The lowest BCUT2D eigenvalue weighted by Gasteiger charge is -2.26. The molecule has 0 bridgehead atoms. The predicted octanol–water partition coefficient (Wildman–Crippen LogP) is 4.02. The summed E-state index contributed by atoms with van der Waals surface area (Å²) < 4.78 is 5.36. The summed E-state index contributed by atoms with van der Waals surface area (Å²) in [5, 5.41) is 14.6. The molecule has 1 aromatic heterocycles. The summed E-state index contributed by atoms with van der Waals surface area (Å²) in [4.78, 5) is 15.7. The number of hydrogen-bond acceptors (Lipinski definition) is 6. The number of likely N-dealkylation sites (N-methyl/N-ethyl adjacent to an activating group) is 1. The third-order valence-electron chi connectivity index (χ3n) is 5.14. The molecule has 32 heavy (non-hydrogen) atoms. The summed E-state index contributed by atoms with van der Waals surface area (Å²) >= 11 is 7.44. The van der Waals surface area contributed by atoms with Gasteiger partial charge >= 0.3 is 0 Å². The lowest BCUT2D eigenvalue weighted by molar-refractivity contribution is 0.0940. The molecule has 7 nitrogen and oxygen atoms in total. The zero-order valence-electron chi connectivity index (χ0n) is 17.2. The topological polar surface area (TPSA) is 108 Å². The third kappa shape index (κ3) is 4.67. The number of benzene rings is 2. The fourth-order valence-electron chi connectivity index (χ4n) is 3.41. The maximum absolute atomic E-state index is 12.9. The first-order valence-electron chi connectivity index (χ1n) is 9.76. The van der Waals surface area contributed by atoms with Crippen molar-refractivity contribution < 1.29 is 9.32 Å². The van der Waals surface area contributed by atoms with E-state index in [-0.39, 0.29) is 22.8 Å². The first kappa shape index (κ1) is 22.4. The highest BCUT2D eigenvalue weighted by Crippen LogP contribution is 2.38. The van der Waals surface area contributed by atoms with Gasteiger partial charge in [0.2, 0.25) is 0 Å². The normalized spacial score (nSPS) is 15.8. The third-order valence-corrected chi connectivity index (χ3v) is 7.17. The molecule has 2 heterocycles. The SMILES string of the molecule is CN1C(=P)[C@@H](NC(=O)c2cc(Cc3ccccc3)on2)CSc2cc(N)c(C(=N)Cl)cc21. The van der Waals surface area contributed by atoms with Gasteiger partial charge in [0, 0.05) is 41.4 Å². The molecule has 1 atom stereocenters. The zero-order valence-corrected chi connectivity index (χ0v) is 19.8. The van der Waals surface area contributed by atoms with E-state index in [9.17, 15) is 4.79 Å². The fraction of sp³-hybridized carbons (Fsp3) is 0.182. The van der Waals surface area contributed by atoms with Crippen molar-refractivity contribution >= 4 is 60.1 Å². The van der Waals surface area contributed by atoms with Gasteiger partial charge in [-0.1, -0.05) is 56.0 Å². The summed E-state index contributed by atoms with van der Waals surface area (Å²) in [7, 11) is 5.56. The summed E-state index contributed by atoms with van der Waals surface area (Å²) in [5.41, 5.74) is 9.88. The Bertz CT molecular complexity index is 1200. The van der Waals surface area contributed by atoms with Crippen LogP contribution in [0.2, 0.25) is 0 Å². The van der Waals surface area contributed by atoms with Gasteiger partial charge in [0.15, 0.2) is 5.69 Å². The van der Waals surface area contributed by atoms with Gasteiger partial charge in [0.05, 0.1) is 17.1 Å². The number of hydrogen-bond donors (Lipinski definition) is 3. The van der Waals surface area contributed by atoms with E-state index in [0.717, 1.165) is 21.6 Å². The average Bonchev–Trinajstić information content (AvgIpc) is 3.20. The van der Waals surface area contributed by atoms with Crippen LogP contribution in [0.3, 0.4) is 0 Å². The minimum Gasteiger partial charge on any atom is -0.398 e. The number of carbonyl (C=O) groups is 1. The Morgan fingerprint density at radius 1 is 1.38 bits per heavy atom. The number of nitrogens with zero attached hydrogens (tertiary/aromatic N) is 2. The first-order valence-corrected chi connectivity index (χ1v) is 11.6. The van der Waals surface area contributed by atoms with Crippen LogP contribution in [0, 0.1) is 5.41 Å². The van der Waals surface area contributed by atoms with Crippen LogP contribution < -0.4 is 16.0 Å². The second kappa shape index (κ2) is 9.36. The summed E-state index contributed by atoms with van der Waals surface area (Å²) in [6.45, 7) is 0. The number of aromatic nitrogens is 1. The van der Waals surface area contributed by atoms with Crippen LogP contribution in [0.15, 0.2) is 57.9 Å². The molecule has 0 saturated heterocycles. The van der Waals surface area contributed by atoms with Crippen molar-refractivity contribution in [2.45, 2.75) is 17.4 Å². The Hall–Kier alpha value is -2.80. The van der Waals surface area contributed by atoms with Crippen LogP contribution in [0.25, 0.3) is 0 Å². The lowest BCUT2D eigenvalue weighted by atomic mass is 10.1. The molecular formula is C22H21ClN5O2PS. The van der Waals surface area contributed by atoms with Gasteiger partial charge in [0.1, 0.15) is 10.9 Å². The van der Waals surface area contributed by atoms with Crippen molar-refractivity contribution in [3.8, 4) is 0 Å². The molecule has 1 aliphatic heterocycles. The Morgan fingerprint density at radius 3 is 2.84 bits per heavy atom. The number of nitrogen functional groups attached to an aromatic ring is 1. The number of rotatable bonds is 5. The Kier molecular flexibility index (Phi) is 6.55. The highest BCUT2D eigenvalue weighted by Gasteiger charge is 2.28. The quantitative estimate of drug-likeness (QED) is 0.286.